The van der Waals surface area contributed by atoms with Gasteiger partial charge in [0, 0.05) is 7.05 Å². The molecule has 0 bridgehead atoms. The molecule has 0 atom stereocenters. The molecule has 114 valence electrons. The molecule has 1 aliphatic heterocycles. The molecule has 0 spiro atoms. The fraction of sp³-hybridized carbons (Fsp3) is 0.273. The summed E-state index contributed by atoms with van der Waals surface area (Å²) in [5, 5.41) is 8.75. The zero-order valence-corrected chi connectivity index (χ0v) is 12.8. The molecular weight excluding hydrogens is 320 g/mol. The number of hydrogen-bond acceptors (Lipinski definition) is 7. The summed E-state index contributed by atoms with van der Waals surface area (Å²) in [4.78, 5) is 20.2. The Morgan fingerprint density at radius 2 is 2.05 bits per heavy atom. The molecule has 1 fully saturated rings. The molecular formula is C11H12N2O6S2. The van der Waals surface area contributed by atoms with E-state index in [4.69, 9.17) is 9.84 Å². The number of aliphatic carboxylic acids is 1. The third-order valence-corrected chi connectivity index (χ3v) is 3.25. The Morgan fingerprint density at radius 1 is 1.48 bits per heavy atom. The third-order valence-electron chi connectivity index (χ3n) is 2.21. The highest BCUT2D eigenvalue weighted by atomic mass is 32.2. The first kappa shape index (κ1) is 17.0. The van der Waals surface area contributed by atoms with Gasteiger partial charge in [-0.05, 0) is 17.7 Å². The standard InChI is InChI=1S/C9H9NO5S.C2H3NOS/c1-15-8-3-2-6(5-9(11)12)4-7(8)10-16(13)14;1-3-2(4)5-3/h2-4H,5H2,1H3,(H,11,12);1H3. The molecule has 1 saturated heterocycles. The molecule has 10 heteroatoms. The molecule has 1 N–H and O–H groups in total. The van der Waals surface area contributed by atoms with Crippen LogP contribution < -0.4 is 4.74 Å². The summed E-state index contributed by atoms with van der Waals surface area (Å²) in [5.74, 6) is -0.724. The van der Waals surface area contributed by atoms with Gasteiger partial charge in [0.2, 0.25) is 0 Å². The van der Waals surface area contributed by atoms with Gasteiger partial charge in [-0.15, -0.1) is 4.36 Å². The maximum Gasteiger partial charge on any atom is 0.316 e. The van der Waals surface area contributed by atoms with Crippen LogP contribution in [0.3, 0.4) is 0 Å². The van der Waals surface area contributed by atoms with Crippen LogP contribution in [0.2, 0.25) is 0 Å². The van der Waals surface area contributed by atoms with Crippen molar-refractivity contribution in [1.29, 1.82) is 0 Å². The summed E-state index contributed by atoms with van der Waals surface area (Å²) in [7, 11) is 0.515. The predicted octanol–water partition coefficient (Wildman–Crippen LogP) is 1.72. The SMILES string of the molecule is CN1SC1=O.COc1ccc(CC(=O)O)cc1N=S(=O)=O. The number of hydrogen-bond donors (Lipinski definition) is 1. The topological polar surface area (TPSA) is 113 Å². The maximum atomic E-state index is 10.5. The van der Waals surface area contributed by atoms with E-state index in [1.807, 2.05) is 0 Å². The molecule has 8 nitrogen and oxygen atoms in total. The van der Waals surface area contributed by atoms with E-state index in [0.29, 0.717) is 5.56 Å². The minimum atomic E-state index is -2.60. The van der Waals surface area contributed by atoms with Gasteiger partial charge in [-0.2, -0.15) is 8.42 Å². The molecule has 1 aromatic rings. The van der Waals surface area contributed by atoms with E-state index in [2.05, 4.69) is 4.36 Å². The number of carbonyl (C=O) groups is 2. The quantitative estimate of drug-likeness (QED) is 0.659. The molecule has 1 aromatic carbocycles. The van der Waals surface area contributed by atoms with Gasteiger partial charge in [0.05, 0.1) is 25.5 Å². The molecule has 21 heavy (non-hydrogen) atoms. The minimum absolute atomic E-state index is 0.0922. The molecule has 1 heterocycles. The van der Waals surface area contributed by atoms with Crippen molar-refractivity contribution in [2.24, 2.45) is 4.36 Å². The van der Waals surface area contributed by atoms with Gasteiger partial charge < -0.3 is 9.84 Å². The van der Waals surface area contributed by atoms with E-state index in [0.717, 1.165) is 0 Å². The van der Waals surface area contributed by atoms with Crippen molar-refractivity contribution < 1.29 is 27.9 Å². The maximum absolute atomic E-state index is 10.5. The van der Waals surface area contributed by atoms with E-state index in [1.54, 1.807) is 17.4 Å². The largest absolute Gasteiger partial charge is 0.494 e. The number of amides is 1. The minimum Gasteiger partial charge on any atom is -0.494 e. The van der Waals surface area contributed by atoms with Crippen LogP contribution in [-0.4, -0.2) is 43.2 Å². The fourth-order valence-corrected chi connectivity index (χ4v) is 1.77. The fourth-order valence-electron chi connectivity index (χ4n) is 1.27. The van der Waals surface area contributed by atoms with Gasteiger partial charge in [-0.3, -0.25) is 13.9 Å². The number of benzene rings is 1. The molecule has 0 saturated carbocycles. The summed E-state index contributed by atoms with van der Waals surface area (Å²) >= 11 is 1.24. The normalized spacial score (nSPS) is 12.1. The summed E-state index contributed by atoms with van der Waals surface area (Å²) < 4.78 is 30.6. The predicted molar refractivity (Wildman–Crippen MR) is 76.1 cm³/mol. The van der Waals surface area contributed by atoms with Crippen LogP contribution in [0.15, 0.2) is 22.6 Å². The Morgan fingerprint density at radius 3 is 2.43 bits per heavy atom. The van der Waals surface area contributed by atoms with Crippen LogP contribution in [0.4, 0.5) is 10.5 Å². The Labute approximate surface area is 126 Å². The van der Waals surface area contributed by atoms with Crippen LogP contribution in [0.5, 0.6) is 5.75 Å². The second-order valence-electron chi connectivity index (χ2n) is 3.74. The Bertz CT molecular complexity index is 678. The van der Waals surface area contributed by atoms with E-state index in [1.165, 1.54) is 31.2 Å². The Kier molecular flexibility index (Phi) is 6.18. The number of ether oxygens (including phenoxy) is 1. The van der Waals surface area contributed by atoms with E-state index >= 15 is 0 Å². The second kappa shape index (κ2) is 7.64. The lowest BCUT2D eigenvalue weighted by Crippen LogP contribution is -1.99. The molecule has 0 unspecified atom stereocenters. The summed E-state index contributed by atoms with van der Waals surface area (Å²) in [6, 6.07) is 4.38. The monoisotopic (exact) mass is 332 g/mol. The zero-order valence-electron chi connectivity index (χ0n) is 11.1. The average molecular weight is 332 g/mol. The molecule has 1 aliphatic rings. The van der Waals surface area contributed by atoms with Crippen molar-refractivity contribution >= 4 is 39.3 Å². The highest BCUT2D eigenvalue weighted by molar-refractivity contribution is 8.21. The van der Waals surface area contributed by atoms with Crippen molar-refractivity contribution in [3.63, 3.8) is 0 Å². The highest BCUT2D eigenvalue weighted by Gasteiger charge is 2.26. The molecule has 1 amide bonds. The van der Waals surface area contributed by atoms with Crippen LogP contribution in [0, 0.1) is 0 Å². The molecule has 0 radical (unpaired) electrons. The van der Waals surface area contributed by atoms with Gasteiger partial charge >= 0.3 is 21.7 Å². The third kappa shape index (κ3) is 6.27. The van der Waals surface area contributed by atoms with Crippen molar-refractivity contribution in [3.05, 3.63) is 23.8 Å². The smallest absolute Gasteiger partial charge is 0.316 e. The van der Waals surface area contributed by atoms with Gasteiger partial charge in [-0.1, -0.05) is 6.07 Å². The van der Waals surface area contributed by atoms with Gasteiger partial charge in [-0.25, -0.2) is 0 Å². The first-order chi connectivity index (χ1) is 9.83. The number of rotatable bonds is 4. The summed E-state index contributed by atoms with van der Waals surface area (Å²) in [6.45, 7) is 0. The average Bonchev–Trinajstić information content (AvgIpc) is 3.02. The Balaban J connectivity index is 0.000000369. The Hall–Kier alpha value is -2.07. The van der Waals surface area contributed by atoms with Crippen molar-refractivity contribution in [2.75, 3.05) is 14.2 Å². The van der Waals surface area contributed by atoms with Gasteiger partial charge in [0.1, 0.15) is 11.4 Å². The molecule has 2 rings (SSSR count). The van der Waals surface area contributed by atoms with Crippen LogP contribution >= 0.6 is 11.9 Å². The number of carbonyl (C=O) groups excluding carboxylic acids is 1. The zero-order chi connectivity index (χ0) is 16.0. The number of carboxylic acid groups (broad SMARTS) is 1. The van der Waals surface area contributed by atoms with E-state index < -0.39 is 16.5 Å². The van der Waals surface area contributed by atoms with Crippen molar-refractivity contribution in [3.8, 4) is 5.75 Å². The summed E-state index contributed by atoms with van der Waals surface area (Å²) in [6.07, 6.45) is -0.196. The molecule has 0 aromatic heterocycles. The number of methoxy groups -OCH3 is 1. The van der Waals surface area contributed by atoms with Gasteiger partial charge in [0.15, 0.2) is 0 Å². The van der Waals surface area contributed by atoms with Gasteiger partial charge in [0.25, 0.3) is 0 Å². The van der Waals surface area contributed by atoms with Crippen molar-refractivity contribution in [1.82, 2.24) is 4.31 Å². The first-order valence-electron chi connectivity index (χ1n) is 5.49. The lowest BCUT2D eigenvalue weighted by Gasteiger charge is -2.04. The lowest BCUT2D eigenvalue weighted by atomic mass is 10.1. The van der Waals surface area contributed by atoms with Crippen LogP contribution in [0.1, 0.15) is 5.56 Å². The lowest BCUT2D eigenvalue weighted by molar-refractivity contribution is -0.136. The molecule has 0 aliphatic carbocycles. The van der Waals surface area contributed by atoms with Crippen LogP contribution in [-0.2, 0) is 21.7 Å². The summed E-state index contributed by atoms with van der Waals surface area (Å²) in [5.41, 5.74) is 0.548. The second-order valence-corrected chi connectivity index (χ2v) is 5.44. The van der Waals surface area contributed by atoms with E-state index in [9.17, 15) is 18.0 Å². The highest BCUT2D eigenvalue weighted by Crippen LogP contribution is 2.28. The number of carboxylic acids is 1. The van der Waals surface area contributed by atoms with E-state index in [-0.39, 0.29) is 23.1 Å². The van der Waals surface area contributed by atoms with Crippen LogP contribution in [0.25, 0.3) is 0 Å². The first-order valence-corrected chi connectivity index (χ1v) is 7.29. The van der Waals surface area contributed by atoms with Crippen molar-refractivity contribution in [2.45, 2.75) is 6.42 Å². The number of nitrogens with zero attached hydrogens (tertiary/aromatic N) is 2.